The van der Waals surface area contributed by atoms with Crippen LogP contribution in [0.1, 0.15) is 33.6 Å². The summed E-state index contributed by atoms with van der Waals surface area (Å²) in [4.78, 5) is 35.5. The van der Waals surface area contributed by atoms with Crippen LogP contribution in [0.4, 0.5) is 0 Å². The summed E-state index contributed by atoms with van der Waals surface area (Å²) in [5, 5.41) is 8.46. The molecular formula is C14H16N2O6S. The van der Waals surface area contributed by atoms with E-state index >= 15 is 0 Å². The second-order valence-corrected chi connectivity index (χ2v) is 6.94. The highest BCUT2D eigenvalue weighted by Crippen LogP contribution is 2.22. The normalized spacial score (nSPS) is 14.2. The van der Waals surface area contributed by atoms with Crippen LogP contribution < -0.4 is 4.72 Å². The second kappa shape index (κ2) is 6.88. The van der Waals surface area contributed by atoms with Crippen molar-refractivity contribution < 1.29 is 27.9 Å². The molecule has 2 rings (SSSR count). The Morgan fingerprint density at radius 3 is 2.22 bits per heavy atom. The fraction of sp³-hybridized carbons (Fsp3) is 0.357. The number of carboxylic acid groups (broad SMARTS) is 1. The van der Waals surface area contributed by atoms with Crippen LogP contribution in [0.15, 0.2) is 24.3 Å². The number of nitrogens with zero attached hydrogens (tertiary/aromatic N) is 1. The van der Waals surface area contributed by atoms with Gasteiger partial charge in [-0.2, -0.15) is 0 Å². The van der Waals surface area contributed by atoms with Gasteiger partial charge in [-0.25, -0.2) is 13.1 Å². The predicted molar refractivity (Wildman–Crippen MR) is 80.5 cm³/mol. The van der Waals surface area contributed by atoms with Crippen LogP contribution in [0.25, 0.3) is 0 Å². The molecule has 0 atom stereocenters. The lowest BCUT2D eigenvalue weighted by atomic mass is 10.1. The third-order valence-electron chi connectivity index (χ3n) is 3.33. The largest absolute Gasteiger partial charge is 0.481 e. The maximum Gasteiger partial charge on any atom is 0.304 e. The van der Waals surface area contributed by atoms with Crippen LogP contribution in [0, 0.1) is 0 Å². The number of nitrogens with one attached hydrogen (secondary N) is 1. The molecule has 124 valence electrons. The van der Waals surface area contributed by atoms with Gasteiger partial charge in [-0.05, 0) is 18.6 Å². The van der Waals surface area contributed by atoms with Crippen LogP contribution in [0.3, 0.4) is 0 Å². The Hall–Kier alpha value is -2.26. The molecule has 1 heterocycles. The Morgan fingerprint density at radius 1 is 1.13 bits per heavy atom. The quantitative estimate of drug-likeness (QED) is 0.646. The number of hydrogen-bond donors (Lipinski definition) is 2. The van der Waals surface area contributed by atoms with Crippen LogP contribution in [0.5, 0.6) is 0 Å². The summed E-state index contributed by atoms with van der Waals surface area (Å²) >= 11 is 0. The highest BCUT2D eigenvalue weighted by atomic mass is 32.2. The van der Waals surface area contributed by atoms with Crippen molar-refractivity contribution in [3.8, 4) is 0 Å². The Bertz CT molecular complexity index is 708. The highest BCUT2D eigenvalue weighted by Gasteiger charge is 2.34. The van der Waals surface area contributed by atoms with Gasteiger partial charge in [-0.1, -0.05) is 12.1 Å². The van der Waals surface area contributed by atoms with Crippen molar-refractivity contribution >= 4 is 27.8 Å². The monoisotopic (exact) mass is 340 g/mol. The zero-order valence-electron chi connectivity index (χ0n) is 12.2. The lowest BCUT2D eigenvalue weighted by Crippen LogP contribution is -2.34. The summed E-state index contributed by atoms with van der Waals surface area (Å²) in [6, 6.07) is 6.42. The molecule has 0 spiro atoms. The zero-order chi connectivity index (χ0) is 17.0. The predicted octanol–water partition coefficient (Wildman–Crippen LogP) is 0.0668. The van der Waals surface area contributed by atoms with E-state index in [0.29, 0.717) is 11.1 Å². The third-order valence-corrected chi connectivity index (χ3v) is 4.80. The van der Waals surface area contributed by atoms with E-state index in [4.69, 9.17) is 5.11 Å². The van der Waals surface area contributed by atoms with E-state index in [9.17, 15) is 22.8 Å². The number of aliphatic carboxylic acids is 1. The minimum Gasteiger partial charge on any atom is -0.481 e. The molecule has 2 N–H and O–H groups in total. The maximum atomic E-state index is 12.1. The molecule has 8 nitrogen and oxygen atoms in total. The molecule has 1 aliphatic rings. The SMILES string of the molecule is O=C(O)CCNS(=O)(=O)CCCN1C(=O)c2ccccc2C1=O. The number of rotatable bonds is 8. The molecule has 2 amide bonds. The minimum absolute atomic E-state index is 0.00775. The van der Waals surface area contributed by atoms with Gasteiger partial charge in [-0.3, -0.25) is 19.3 Å². The van der Waals surface area contributed by atoms with Crippen LogP contribution in [0.2, 0.25) is 0 Å². The van der Waals surface area contributed by atoms with Crippen molar-refractivity contribution in [3.05, 3.63) is 35.4 Å². The van der Waals surface area contributed by atoms with E-state index in [-0.39, 0.29) is 31.7 Å². The maximum absolute atomic E-state index is 12.1. The molecule has 1 aromatic carbocycles. The van der Waals surface area contributed by atoms with Crippen molar-refractivity contribution in [2.75, 3.05) is 18.8 Å². The summed E-state index contributed by atoms with van der Waals surface area (Å²) in [7, 11) is -3.63. The van der Waals surface area contributed by atoms with Crippen LogP contribution >= 0.6 is 0 Å². The Morgan fingerprint density at radius 2 is 1.70 bits per heavy atom. The van der Waals surface area contributed by atoms with Crippen molar-refractivity contribution in [1.29, 1.82) is 0 Å². The Balaban J connectivity index is 1.87. The van der Waals surface area contributed by atoms with Gasteiger partial charge in [0.1, 0.15) is 0 Å². The van der Waals surface area contributed by atoms with Crippen molar-refractivity contribution in [2.24, 2.45) is 0 Å². The number of carbonyl (C=O) groups excluding carboxylic acids is 2. The first-order valence-corrected chi connectivity index (χ1v) is 8.61. The fourth-order valence-corrected chi connectivity index (χ4v) is 3.31. The Labute approximate surface area is 133 Å². The molecule has 23 heavy (non-hydrogen) atoms. The van der Waals surface area contributed by atoms with E-state index in [1.807, 2.05) is 0 Å². The van der Waals surface area contributed by atoms with E-state index in [0.717, 1.165) is 4.90 Å². The number of carboxylic acids is 1. The molecule has 0 bridgehead atoms. The molecule has 0 aliphatic carbocycles. The number of benzene rings is 1. The van der Waals surface area contributed by atoms with Gasteiger partial charge in [-0.15, -0.1) is 0 Å². The fourth-order valence-electron chi connectivity index (χ4n) is 2.24. The molecule has 0 saturated heterocycles. The van der Waals surface area contributed by atoms with Crippen molar-refractivity contribution in [3.63, 3.8) is 0 Å². The Kier molecular flexibility index (Phi) is 5.12. The first kappa shape index (κ1) is 17.1. The lowest BCUT2D eigenvalue weighted by molar-refractivity contribution is -0.136. The molecular weight excluding hydrogens is 324 g/mol. The van der Waals surface area contributed by atoms with E-state index < -0.39 is 27.8 Å². The molecule has 0 unspecified atom stereocenters. The zero-order valence-corrected chi connectivity index (χ0v) is 13.0. The van der Waals surface area contributed by atoms with Gasteiger partial charge in [0.05, 0.1) is 23.3 Å². The number of amides is 2. The summed E-state index contributed by atoms with van der Waals surface area (Å²) in [5.74, 6) is -2.25. The number of fused-ring (bicyclic) bond motifs is 1. The van der Waals surface area contributed by atoms with Crippen molar-refractivity contribution in [1.82, 2.24) is 9.62 Å². The molecule has 0 saturated carbocycles. The standard InChI is InChI=1S/C14H16N2O6S/c17-12(18)6-7-15-23(21,22)9-3-8-16-13(19)10-4-1-2-5-11(10)14(16)20/h1-2,4-5,15H,3,6-9H2,(H,17,18). The van der Waals surface area contributed by atoms with Gasteiger partial charge in [0.25, 0.3) is 11.8 Å². The smallest absolute Gasteiger partial charge is 0.304 e. The van der Waals surface area contributed by atoms with Gasteiger partial charge < -0.3 is 5.11 Å². The summed E-state index contributed by atoms with van der Waals surface area (Å²) < 4.78 is 25.5. The molecule has 9 heteroatoms. The lowest BCUT2D eigenvalue weighted by Gasteiger charge is -2.13. The molecule has 0 radical (unpaired) electrons. The van der Waals surface area contributed by atoms with Crippen LogP contribution in [-0.4, -0.2) is 55.1 Å². The number of imide groups is 1. The van der Waals surface area contributed by atoms with Gasteiger partial charge in [0, 0.05) is 13.1 Å². The number of carbonyl (C=O) groups is 3. The summed E-state index contributed by atoms with van der Waals surface area (Å²) in [5.41, 5.74) is 0.639. The average Bonchev–Trinajstić information content (AvgIpc) is 2.72. The minimum atomic E-state index is -3.63. The first-order chi connectivity index (χ1) is 10.8. The van der Waals surface area contributed by atoms with Crippen molar-refractivity contribution in [2.45, 2.75) is 12.8 Å². The second-order valence-electron chi connectivity index (χ2n) is 5.02. The summed E-state index contributed by atoms with van der Waals surface area (Å²) in [6.45, 7) is -0.198. The molecule has 1 aromatic rings. The van der Waals surface area contributed by atoms with E-state index in [2.05, 4.69) is 4.72 Å². The average molecular weight is 340 g/mol. The number of hydrogen-bond acceptors (Lipinski definition) is 5. The van der Waals surface area contributed by atoms with E-state index in [1.54, 1.807) is 24.3 Å². The van der Waals surface area contributed by atoms with Gasteiger partial charge >= 0.3 is 5.97 Å². The molecule has 1 aliphatic heterocycles. The molecule has 0 fully saturated rings. The topological polar surface area (TPSA) is 121 Å². The van der Waals surface area contributed by atoms with Crippen LogP contribution in [-0.2, 0) is 14.8 Å². The molecule has 0 aromatic heterocycles. The van der Waals surface area contributed by atoms with E-state index in [1.165, 1.54) is 0 Å². The van der Waals surface area contributed by atoms with Gasteiger partial charge in [0.2, 0.25) is 10.0 Å². The number of sulfonamides is 1. The first-order valence-electron chi connectivity index (χ1n) is 6.96. The third kappa shape index (κ3) is 4.14. The highest BCUT2D eigenvalue weighted by molar-refractivity contribution is 7.89. The summed E-state index contributed by atoms with van der Waals surface area (Å²) in [6.07, 6.45) is -0.231. The van der Waals surface area contributed by atoms with Gasteiger partial charge in [0.15, 0.2) is 0 Å².